The lowest BCUT2D eigenvalue weighted by Gasteiger charge is -2.40. The van der Waals surface area contributed by atoms with Gasteiger partial charge in [0.25, 0.3) is 5.92 Å². The summed E-state index contributed by atoms with van der Waals surface area (Å²) in [6.07, 6.45) is 2.23. The molecule has 3 heterocycles. The third-order valence-electron chi connectivity index (χ3n) is 6.10. The van der Waals surface area contributed by atoms with Crippen LogP contribution in [0.15, 0.2) is 54.9 Å². The Balaban J connectivity index is 1.40. The zero-order valence-electron chi connectivity index (χ0n) is 19.3. The Hall–Kier alpha value is -3.57. The van der Waals surface area contributed by atoms with E-state index >= 15 is 0 Å². The number of carbonyl (C=O) groups excluding carboxylic acids is 1. The first-order valence-electron chi connectivity index (χ1n) is 11.2. The van der Waals surface area contributed by atoms with E-state index in [1.165, 1.54) is 36.7 Å². The number of hydrogen-bond donors (Lipinski definition) is 2. The smallest absolute Gasteiger partial charge is 0.257 e. The number of alkyl halides is 2. The number of pyridine rings is 2. The number of carbonyl (C=O) groups is 1. The molecule has 0 unspecified atom stereocenters. The molecule has 11 heteroatoms. The monoisotopic (exact) mass is 504 g/mol. The number of piperidine rings is 1. The lowest BCUT2D eigenvalue weighted by molar-refractivity contribution is -0.125. The first kappa shape index (κ1) is 25.5. The van der Waals surface area contributed by atoms with Crippen LogP contribution in [0.25, 0.3) is 0 Å². The van der Waals surface area contributed by atoms with E-state index in [9.17, 15) is 27.5 Å². The number of benzene rings is 1. The number of hydrogen-bond acceptors (Lipinski definition) is 6. The van der Waals surface area contributed by atoms with Crippen molar-refractivity contribution in [1.82, 2.24) is 14.9 Å². The molecule has 36 heavy (non-hydrogen) atoms. The van der Waals surface area contributed by atoms with E-state index in [4.69, 9.17) is 4.74 Å². The van der Waals surface area contributed by atoms with E-state index in [2.05, 4.69) is 15.3 Å². The van der Waals surface area contributed by atoms with E-state index in [-0.39, 0.29) is 37.0 Å². The molecule has 1 amide bonds. The van der Waals surface area contributed by atoms with Gasteiger partial charge in [0.15, 0.2) is 11.6 Å². The van der Waals surface area contributed by atoms with Crippen LogP contribution in [-0.4, -0.2) is 50.9 Å². The molecule has 7 nitrogen and oxygen atoms in total. The van der Waals surface area contributed by atoms with Gasteiger partial charge in [-0.05, 0) is 48.9 Å². The number of rotatable bonds is 7. The van der Waals surface area contributed by atoms with Crippen LogP contribution in [0.4, 0.5) is 23.4 Å². The maximum Gasteiger partial charge on any atom is 0.257 e. The molecular weight excluding hydrogens is 480 g/mol. The lowest BCUT2D eigenvalue weighted by Crippen LogP contribution is -2.52. The minimum atomic E-state index is -2.97. The van der Waals surface area contributed by atoms with E-state index in [1.807, 2.05) is 0 Å². The van der Waals surface area contributed by atoms with Crippen LogP contribution in [-0.2, 0) is 11.4 Å². The number of ether oxygens (including phenoxy) is 1. The summed E-state index contributed by atoms with van der Waals surface area (Å²) in [4.78, 5) is 22.5. The van der Waals surface area contributed by atoms with Crippen LogP contribution in [0.3, 0.4) is 0 Å². The Morgan fingerprint density at radius 1 is 1.22 bits per heavy atom. The number of anilines is 1. The van der Waals surface area contributed by atoms with Crippen molar-refractivity contribution in [1.29, 1.82) is 0 Å². The van der Waals surface area contributed by atoms with Crippen molar-refractivity contribution in [2.24, 2.45) is 0 Å². The van der Waals surface area contributed by atoms with Crippen LogP contribution in [0.1, 0.15) is 30.5 Å². The fourth-order valence-electron chi connectivity index (χ4n) is 4.02. The van der Waals surface area contributed by atoms with E-state index in [0.29, 0.717) is 17.3 Å². The van der Waals surface area contributed by atoms with Crippen LogP contribution in [0.5, 0.6) is 11.5 Å². The zero-order chi connectivity index (χ0) is 25.9. The average molecular weight is 504 g/mol. The Bertz CT molecular complexity index is 1230. The second-order valence-corrected chi connectivity index (χ2v) is 8.52. The second-order valence-electron chi connectivity index (χ2n) is 8.52. The summed E-state index contributed by atoms with van der Waals surface area (Å²) in [5.41, 5.74) is 0.651. The summed E-state index contributed by atoms with van der Waals surface area (Å²) in [7, 11) is 0. The van der Waals surface area contributed by atoms with Gasteiger partial charge in [-0.15, -0.1) is 0 Å². The predicted molar refractivity (Wildman–Crippen MR) is 123 cm³/mol. The van der Waals surface area contributed by atoms with Crippen LogP contribution < -0.4 is 10.1 Å². The zero-order valence-corrected chi connectivity index (χ0v) is 19.3. The van der Waals surface area contributed by atoms with Crippen molar-refractivity contribution < 1.29 is 32.2 Å². The summed E-state index contributed by atoms with van der Waals surface area (Å²) >= 11 is 0. The third-order valence-corrected chi connectivity index (χ3v) is 6.10. The van der Waals surface area contributed by atoms with Gasteiger partial charge in [0.05, 0.1) is 30.5 Å². The molecule has 0 saturated carbocycles. The van der Waals surface area contributed by atoms with Gasteiger partial charge in [0.1, 0.15) is 17.4 Å². The topological polar surface area (TPSA) is 87.6 Å². The molecule has 0 radical (unpaired) electrons. The summed E-state index contributed by atoms with van der Waals surface area (Å²) in [5, 5.41) is 11.9. The molecule has 2 N–H and O–H groups in total. The van der Waals surface area contributed by atoms with Gasteiger partial charge in [-0.3, -0.25) is 14.7 Å². The number of nitrogens with one attached hydrogen (secondary N) is 1. The fourth-order valence-corrected chi connectivity index (χ4v) is 4.02. The number of aliphatic hydroxyl groups is 1. The molecule has 0 spiro atoms. The molecule has 1 saturated heterocycles. The largest absolute Gasteiger partial charge is 0.453 e. The van der Waals surface area contributed by atoms with Gasteiger partial charge in [0, 0.05) is 31.8 Å². The molecule has 0 bridgehead atoms. The SMILES string of the molecule is C[C@@H](C(=O)Nc1ccc(Oc2ccc(F)cc2F)cn1)N1CCC(F)(F)[C@@H](c2ccnc(CO)c2)C1. The standard InChI is InChI=1S/C25H24F4N4O3/c1-15(33-9-7-25(28,29)20(13-33)16-6-8-30-18(10-16)14-34)24(35)32-23-5-3-19(12-31-23)36-22-4-2-17(26)11-21(22)27/h2-6,8,10-12,15,20,34H,7,9,13-14H2,1H3,(H,31,32,35)/t15-,20+/m0/s1. The van der Waals surface area contributed by atoms with Crippen molar-refractivity contribution >= 4 is 11.7 Å². The van der Waals surface area contributed by atoms with Gasteiger partial charge < -0.3 is 15.2 Å². The molecule has 190 valence electrons. The summed E-state index contributed by atoms with van der Waals surface area (Å²) in [6, 6.07) is 8.03. The number of aliphatic hydroxyl groups excluding tert-OH is 1. The van der Waals surface area contributed by atoms with Gasteiger partial charge in [-0.1, -0.05) is 0 Å². The highest BCUT2D eigenvalue weighted by atomic mass is 19.3. The van der Waals surface area contributed by atoms with Crippen molar-refractivity contribution in [3.05, 3.63) is 77.8 Å². The maximum atomic E-state index is 14.7. The maximum absolute atomic E-state index is 14.7. The Morgan fingerprint density at radius 2 is 2.03 bits per heavy atom. The molecule has 2 aromatic heterocycles. The molecular formula is C25H24F4N4O3. The molecule has 1 fully saturated rings. The number of nitrogens with zero attached hydrogens (tertiary/aromatic N) is 3. The minimum absolute atomic E-state index is 0.0272. The number of halogens is 4. The van der Waals surface area contributed by atoms with Crippen molar-refractivity contribution in [2.75, 3.05) is 18.4 Å². The molecule has 3 aromatic rings. The molecule has 1 aliphatic rings. The molecule has 4 rings (SSSR count). The first-order valence-corrected chi connectivity index (χ1v) is 11.2. The normalized spacial score (nSPS) is 18.4. The van der Waals surface area contributed by atoms with Gasteiger partial charge in [-0.25, -0.2) is 22.5 Å². The van der Waals surface area contributed by atoms with Gasteiger partial charge >= 0.3 is 0 Å². The van der Waals surface area contributed by atoms with E-state index in [0.717, 1.165) is 12.1 Å². The second kappa shape index (κ2) is 10.6. The average Bonchev–Trinajstić information content (AvgIpc) is 2.86. The summed E-state index contributed by atoms with van der Waals surface area (Å²) in [6.45, 7) is 1.24. The first-order chi connectivity index (χ1) is 17.2. The van der Waals surface area contributed by atoms with Crippen molar-refractivity contribution in [3.63, 3.8) is 0 Å². The molecule has 0 aliphatic carbocycles. The highest BCUT2D eigenvalue weighted by Crippen LogP contribution is 2.41. The number of amides is 1. The molecule has 1 aliphatic heterocycles. The van der Waals surface area contributed by atoms with E-state index in [1.54, 1.807) is 11.8 Å². The Kier molecular flexibility index (Phi) is 7.51. The van der Waals surface area contributed by atoms with Crippen LogP contribution in [0.2, 0.25) is 0 Å². The highest BCUT2D eigenvalue weighted by Gasteiger charge is 2.46. The van der Waals surface area contributed by atoms with Crippen molar-refractivity contribution in [2.45, 2.75) is 37.8 Å². The number of likely N-dealkylation sites (tertiary alicyclic amines) is 1. The predicted octanol–water partition coefficient (Wildman–Crippen LogP) is 4.49. The molecule has 2 atom stereocenters. The highest BCUT2D eigenvalue weighted by molar-refractivity contribution is 5.93. The molecule has 1 aromatic carbocycles. The third kappa shape index (κ3) is 5.80. The minimum Gasteiger partial charge on any atom is -0.453 e. The van der Waals surface area contributed by atoms with Crippen molar-refractivity contribution in [3.8, 4) is 11.5 Å². The van der Waals surface area contributed by atoms with Gasteiger partial charge in [-0.2, -0.15) is 0 Å². The Morgan fingerprint density at radius 3 is 2.72 bits per heavy atom. The number of aromatic nitrogens is 2. The Labute approximate surface area is 204 Å². The lowest BCUT2D eigenvalue weighted by atomic mass is 9.86. The van der Waals surface area contributed by atoms with E-state index < -0.39 is 41.8 Å². The van der Waals surface area contributed by atoms with Crippen LogP contribution >= 0.6 is 0 Å². The summed E-state index contributed by atoms with van der Waals surface area (Å²) in [5.74, 6) is -5.98. The van der Waals surface area contributed by atoms with Crippen LogP contribution in [0, 0.1) is 11.6 Å². The summed E-state index contributed by atoms with van der Waals surface area (Å²) < 4.78 is 61.6. The van der Waals surface area contributed by atoms with Gasteiger partial charge in [0.2, 0.25) is 5.91 Å². The quantitative estimate of drug-likeness (QED) is 0.461. The fraction of sp³-hybridized carbons (Fsp3) is 0.320.